The van der Waals surface area contributed by atoms with Gasteiger partial charge in [0.05, 0.1) is 14.8 Å². The first-order valence-corrected chi connectivity index (χ1v) is 8.42. The molecule has 0 spiro atoms. The normalized spacial score (nSPS) is 11.6. The predicted molar refractivity (Wildman–Crippen MR) is 76.8 cm³/mol. The number of thiophene rings is 1. The van der Waals surface area contributed by atoms with E-state index in [1.54, 1.807) is 12.1 Å². The number of halogens is 2. The minimum absolute atomic E-state index is 0.162. The summed E-state index contributed by atoms with van der Waals surface area (Å²) in [5, 5.41) is -0.287. The molecule has 106 valence electrons. The van der Waals surface area contributed by atoms with E-state index in [9.17, 15) is 17.6 Å². The summed E-state index contributed by atoms with van der Waals surface area (Å²) in [6.07, 6.45) is 0. The van der Waals surface area contributed by atoms with Crippen LogP contribution in [-0.2, 0) is 9.84 Å². The van der Waals surface area contributed by atoms with Crippen LogP contribution >= 0.6 is 22.9 Å². The Morgan fingerprint density at radius 2 is 2.00 bits per heavy atom. The van der Waals surface area contributed by atoms with E-state index in [4.69, 9.17) is 11.6 Å². The number of ketones is 1. The first-order chi connectivity index (χ1) is 9.29. The zero-order chi connectivity index (χ0) is 14.9. The molecule has 0 aliphatic carbocycles. The summed E-state index contributed by atoms with van der Waals surface area (Å²) < 4.78 is 37.2. The van der Waals surface area contributed by atoms with Crippen LogP contribution in [0.3, 0.4) is 0 Å². The Kier molecular flexibility index (Phi) is 4.27. The van der Waals surface area contributed by atoms with Crippen LogP contribution in [0.1, 0.15) is 14.5 Å². The van der Waals surface area contributed by atoms with Crippen molar-refractivity contribution in [2.45, 2.75) is 11.8 Å². The van der Waals surface area contributed by atoms with Gasteiger partial charge in [0.1, 0.15) is 11.6 Å². The summed E-state index contributed by atoms with van der Waals surface area (Å²) in [5.74, 6) is -1.84. The van der Waals surface area contributed by atoms with Crippen LogP contribution in [0, 0.1) is 12.7 Å². The molecular weight excluding hydrogens is 323 g/mol. The second kappa shape index (κ2) is 5.63. The molecule has 3 nitrogen and oxygen atoms in total. The Morgan fingerprint density at radius 1 is 1.30 bits per heavy atom. The number of rotatable bonds is 4. The van der Waals surface area contributed by atoms with Crippen LogP contribution in [0.25, 0.3) is 0 Å². The van der Waals surface area contributed by atoms with Gasteiger partial charge >= 0.3 is 0 Å². The van der Waals surface area contributed by atoms with Gasteiger partial charge in [-0.25, -0.2) is 12.8 Å². The zero-order valence-electron chi connectivity index (χ0n) is 10.4. The van der Waals surface area contributed by atoms with Crippen molar-refractivity contribution in [3.8, 4) is 0 Å². The van der Waals surface area contributed by atoms with E-state index in [1.807, 2.05) is 6.92 Å². The maximum Gasteiger partial charge on any atom is 0.188 e. The molecular formula is C13H10ClFO3S2. The number of carbonyl (C=O) groups is 1. The Hall–Kier alpha value is -1.24. The summed E-state index contributed by atoms with van der Waals surface area (Å²) in [6, 6.07) is 6.42. The molecule has 0 fully saturated rings. The van der Waals surface area contributed by atoms with E-state index in [2.05, 4.69) is 0 Å². The maximum atomic E-state index is 13.0. The van der Waals surface area contributed by atoms with Gasteiger partial charge in [-0.3, -0.25) is 4.79 Å². The third-order valence-corrected chi connectivity index (χ3v) is 5.53. The van der Waals surface area contributed by atoms with Crippen LogP contribution in [0.4, 0.5) is 4.39 Å². The molecule has 0 N–H and O–H groups in total. The highest BCUT2D eigenvalue weighted by Crippen LogP contribution is 2.22. The standard InChI is InChI=1S/C13H10ClFO3S2/c1-8-2-5-13(19-8)12(16)7-20(17,18)9-3-4-11(15)10(14)6-9/h2-6H,7H2,1H3. The Bertz CT molecular complexity index is 766. The van der Waals surface area contributed by atoms with Crippen LogP contribution in [0.2, 0.25) is 5.02 Å². The second-order valence-corrected chi connectivity index (χ2v) is 7.85. The molecule has 2 aromatic rings. The van der Waals surface area contributed by atoms with Crippen molar-refractivity contribution in [1.82, 2.24) is 0 Å². The van der Waals surface area contributed by atoms with Gasteiger partial charge in [0.15, 0.2) is 15.6 Å². The minimum Gasteiger partial charge on any atom is -0.292 e. The lowest BCUT2D eigenvalue weighted by Gasteiger charge is -2.04. The monoisotopic (exact) mass is 332 g/mol. The molecule has 2 rings (SSSR count). The first-order valence-electron chi connectivity index (χ1n) is 5.57. The van der Waals surface area contributed by atoms with Crippen LogP contribution < -0.4 is 0 Å². The molecule has 1 aromatic carbocycles. The predicted octanol–water partition coefficient (Wildman–Crippen LogP) is 3.51. The van der Waals surface area contributed by atoms with E-state index in [1.165, 1.54) is 11.3 Å². The zero-order valence-corrected chi connectivity index (χ0v) is 12.8. The number of Topliss-reactive ketones (excluding diaryl/α,β-unsaturated/α-hetero) is 1. The SMILES string of the molecule is Cc1ccc(C(=O)CS(=O)(=O)c2ccc(F)c(Cl)c2)s1. The largest absolute Gasteiger partial charge is 0.292 e. The fraction of sp³-hybridized carbons (Fsp3) is 0.154. The van der Waals surface area contributed by atoms with E-state index in [0.29, 0.717) is 4.88 Å². The number of aryl methyl sites for hydroxylation is 1. The summed E-state index contributed by atoms with van der Waals surface area (Å²) in [5.41, 5.74) is 0. The van der Waals surface area contributed by atoms with Crippen molar-refractivity contribution < 1.29 is 17.6 Å². The number of carbonyl (C=O) groups excluding carboxylic acids is 1. The fourth-order valence-corrected chi connectivity index (χ4v) is 3.96. The number of benzene rings is 1. The van der Waals surface area contributed by atoms with E-state index in [0.717, 1.165) is 23.1 Å². The Labute approximate surface area is 124 Å². The molecule has 20 heavy (non-hydrogen) atoms. The van der Waals surface area contributed by atoms with E-state index >= 15 is 0 Å². The van der Waals surface area contributed by atoms with Crippen LogP contribution in [-0.4, -0.2) is 20.0 Å². The average molecular weight is 333 g/mol. The summed E-state index contributed by atoms with van der Waals surface area (Å²) in [6.45, 7) is 1.83. The number of hydrogen-bond donors (Lipinski definition) is 0. The Balaban J connectivity index is 2.27. The molecule has 0 amide bonds. The van der Waals surface area contributed by atoms with Gasteiger partial charge in [0.2, 0.25) is 0 Å². The Morgan fingerprint density at radius 3 is 2.55 bits per heavy atom. The van der Waals surface area contributed by atoms with Crippen LogP contribution in [0.5, 0.6) is 0 Å². The second-order valence-electron chi connectivity index (χ2n) is 4.17. The molecule has 0 aliphatic rings. The van der Waals surface area contributed by atoms with Gasteiger partial charge in [-0.2, -0.15) is 0 Å². The topological polar surface area (TPSA) is 51.2 Å². The first kappa shape index (κ1) is 15.2. The molecule has 1 heterocycles. The van der Waals surface area contributed by atoms with Crippen molar-refractivity contribution in [3.63, 3.8) is 0 Å². The highest BCUT2D eigenvalue weighted by molar-refractivity contribution is 7.92. The lowest BCUT2D eigenvalue weighted by Crippen LogP contribution is -2.15. The minimum atomic E-state index is -3.83. The van der Waals surface area contributed by atoms with Crippen molar-refractivity contribution in [1.29, 1.82) is 0 Å². The number of sulfone groups is 1. The fourth-order valence-electron chi connectivity index (χ4n) is 1.58. The molecule has 0 atom stereocenters. The summed E-state index contributed by atoms with van der Waals surface area (Å²) in [4.78, 5) is 13.1. The smallest absolute Gasteiger partial charge is 0.188 e. The van der Waals surface area contributed by atoms with Crippen molar-refractivity contribution in [3.05, 3.63) is 50.9 Å². The highest BCUT2D eigenvalue weighted by Gasteiger charge is 2.22. The lowest BCUT2D eigenvalue weighted by molar-refractivity contribution is 0.102. The van der Waals surface area contributed by atoms with Crippen molar-refractivity contribution in [2.24, 2.45) is 0 Å². The molecule has 0 saturated carbocycles. The molecule has 7 heteroatoms. The molecule has 1 aromatic heterocycles. The highest BCUT2D eigenvalue weighted by atomic mass is 35.5. The quantitative estimate of drug-likeness (QED) is 0.636. The molecule has 0 aliphatic heterocycles. The molecule has 0 unspecified atom stereocenters. The van der Waals surface area contributed by atoms with Gasteiger partial charge in [0.25, 0.3) is 0 Å². The third kappa shape index (κ3) is 3.26. The van der Waals surface area contributed by atoms with Gasteiger partial charge in [-0.15, -0.1) is 11.3 Å². The van der Waals surface area contributed by atoms with E-state index in [-0.39, 0.29) is 9.92 Å². The molecule has 0 radical (unpaired) electrons. The summed E-state index contributed by atoms with van der Waals surface area (Å²) in [7, 11) is -3.83. The number of hydrogen-bond acceptors (Lipinski definition) is 4. The lowest BCUT2D eigenvalue weighted by atomic mass is 10.3. The average Bonchev–Trinajstić information content (AvgIpc) is 2.79. The molecule has 0 saturated heterocycles. The van der Waals surface area contributed by atoms with Crippen molar-refractivity contribution >= 4 is 38.6 Å². The molecule has 0 bridgehead atoms. The maximum absolute atomic E-state index is 13.0. The van der Waals surface area contributed by atoms with Crippen LogP contribution in [0.15, 0.2) is 35.2 Å². The van der Waals surface area contributed by atoms with Gasteiger partial charge in [0, 0.05) is 4.88 Å². The summed E-state index contributed by atoms with van der Waals surface area (Å²) >= 11 is 6.79. The van der Waals surface area contributed by atoms with E-state index < -0.39 is 27.2 Å². The van der Waals surface area contributed by atoms with Crippen molar-refractivity contribution in [2.75, 3.05) is 5.75 Å². The van der Waals surface area contributed by atoms with Gasteiger partial charge < -0.3 is 0 Å². The van der Waals surface area contributed by atoms with Gasteiger partial charge in [-0.05, 0) is 37.3 Å². The van der Waals surface area contributed by atoms with Gasteiger partial charge in [-0.1, -0.05) is 11.6 Å². The third-order valence-electron chi connectivity index (χ3n) is 2.59.